The summed E-state index contributed by atoms with van der Waals surface area (Å²) in [5.41, 5.74) is 3.43. The van der Waals surface area contributed by atoms with Crippen LogP contribution in [-0.2, 0) is 13.0 Å². The Morgan fingerprint density at radius 2 is 1.97 bits per heavy atom. The summed E-state index contributed by atoms with van der Waals surface area (Å²) < 4.78 is 19.5. The number of rotatable bonds is 7. The zero-order valence-electron chi connectivity index (χ0n) is 16.4. The van der Waals surface area contributed by atoms with Crippen LogP contribution >= 0.6 is 0 Å². The molecule has 0 bridgehead atoms. The van der Waals surface area contributed by atoms with Gasteiger partial charge in [0.15, 0.2) is 0 Å². The number of hydrogen-bond acceptors (Lipinski definition) is 3. The fourth-order valence-electron chi connectivity index (χ4n) is 3.21. The van der Waals surface area contributed by atoms with E-state index < -0.39 is 0 Å². The highest BCUT2D eigenvalue weighted by atomic mass is 19.1. The maximum Gasteiger partial charge on any atom is 0.317 e. The second-order valence-corrected chi connectivity index (χ2v) is 7.44. The fraction of sp³-hybridized carbons (Fsp3) is 0.304. The number of carbonyl (C=O) groups is 1. The number of nitrogens with one attached hydrogen (secondary N) is 1. The molecule has 1 aliphatic rings. The van der Waals surface area contributed by atoms with E-state index in [1.165, 1.54) is 11.6 Å². The van der Waals surface area contributed by atoms with Gasteiger partial charge in [-0.05, 0) is 38.0 Å². The topological polar surface area (TPSA) is 58.4 Å². The molecule has 1 heterocycles. The summed E-state index contributed by atoms with van der Waals surface area (Å²) in [5, 5.41) is 2.93. The summed E-state index contributed by atoms with van der Waals surface area (Å²) in [7, 11) is 0. The molecule has 150 valence electrons. The molecule has 1 aromatic heterocycles. The van der Waals surface area contributed by atoms with Crippen LogP contribution in [0.25, 0.3) is 11.5 Å². The lowest BCUT2D eigenvalue weighted by Gasteiger charge is -2.23. The maximum absolute atomic E-state index is 14.0. The van der Waals surface area contributed by atoms with E-state index in [0.717, 1.165) is 24.1 Å². The molecule has 5 nitrogen and oxygen atoms in total. The standard InChI is InChI=1S/C23H24FN3O2/c1-16-6-8-17(9-7-16)22-26-19(15-29-22)12-13-25-23(28)27(20-10-11-20)14-18-4-2-3-5-21(18)24/h2-9,15,20H,10-14H2,1H3,(H,25,28). The summed E-state index contributed by atoms with van der Waals surface area (Å²) in [5.74, 6) is 0.294. The van der Waals surface area contributed by atoms with Crippen molar-refractivity contribution in [1.82, 2.24) is 15.2 Å². The van der Waals surface area contributed by atoms with Crippen molar-refractivity contribution in [2.24, 2.45) is 0 Å². The van der Waals surface area contributed by atoms with Crippen molar-refractivity contribution in [2.45, 2.75) is 38.8 Å². The molecule has 0 atom stereocenters. The molecule has 1 N–H and O–H groups in total. The Bertz CT molecular complexity index is 980. The zero-order valence-corrected chi connectivity index (χ0v) is 16.4. The monoisotopic (exact) mass is 393 g/mol. The minimum atomic E-state index is -0.280. The van der Waals surface area contributed by atoms with Crippen LogP contribution in [0, 0.1) is 12.7 Å². The van der Waals surface area contributed by atoms with Gasteiger partial charge in [-0.1, -0.05) is 35.9 Å². The highest BCUT2D eigenvalue weighted by Crippen LogP contribution is 2.28. The van der Waals surface area contributed by atoms with Crippen LogP contribution in [0.3, 0.4) is 0 Å². The molecular formula is C23H24FN3O2. The van der Waals surface area contributed by atoms with Crippen LogP contribution < -0.4 is 5.32 Å². The van der Waals surface area contributed by atoms with Crippen molar-refractivity contribution in [3.05, 3.63) is 77.4 Å². The highest BCUT2D eigenvalue weighted by molar-refractivity contribution is 5.75. The number of hydrogen-bond donors (Lipinski definition) is 1. The smallest absolute Gasteiger partial charge is 0.317 e. The van der Waals surface area contributed by atoms with Crippen LogP contribution in [0.5, 0.6) is 0 Å². The van der Waals surface area contributed by atoms with Gasteiger partial charge in [0.05, 0.1) is 12.2 Å². The SMILES string of the molecule is Cc1ccc(-c2nc(CCNC(=O)N(Cc3ccccc3F)C3CC3)co2)cc1. The maximum atomic E-state index is 14.0. The first-order valence-corrected chi connectivity index (χ1v) is 9.89. The lowest BCUT2D eigenvalue weighted by atomic mass is 10.1. The van der Waals surface area contributed by atoms with Gasteiger partial charge in [0.2, 0.25) is 5.89 Å². The van der Waals surface area contributed by atoms with Gasteiger partial charge in [0.1, 0.15) is 12.1 Å². The fourth-order valence-corrected chi connectivity index (χ4v) is 3.21. The molecule has 0 spiro atoms. The van der Waals surface area contributed by atoms with Gasteiger partial charge < -0.3 is 14.6 Å². The van der Waals surface area contributed by atoms with Gasteiger partial charge >= 0.3 is 6.03 Å². The van der Waals surface area contributed by atoms with Gasteiger partial charge in [-0.2, -0.15) is 0 Å². The number of oxazole rings is 1. The van der Waals surface area contributed by atoms with E-state index in [4.69, 9.17) is 4.42 Å². The molecule has 0 aliphatic heterocycles. The molecule has 0 saturated heterocycles. The Morgan fingerprint density at radius 3 is 2.69 bits per heavy atom. The quantitative estimate of drug-likeness (QED) is 0.633. The van der Waals surface area contributed by atoms with Gasteiger partial charge in [0.25, 0.3) is 0 Å². The lowest BCUT2D eigenvalue weighted by Crippen LogP contribution is -2.41. The lowest BCUT2D eigenvalue weighted by molar-refractivity contribution is 0.191. The second-order valence-electron chi connectivity index (χ2n) is 7.44. The normalized spacial score (nSPS) is 13.3. The van der Waals surface area contributed by atoms with Gasteiger partial charge in [-0.15, -0.1) is 0 Å². The van der Waals surface area contributed by atoms with Crippen LogP contribution in [0.2, 0.25) is 0 Å². The molecule has 6 heteroatoms. The first-order chi connectivity index (χ1) is 14.1. The minimum absolute atomic E-state index is 0.169. The minimum Gasteiger partial charge on any atom is -0.444 e. The van der Waals surface area contributed by atoms with Crippen LogP contribution in [0.15, 0.2) is 59.2 Å². The van der Waals surface area contributed by atoms with Crippen molar-refractivity contribution in [3.63, 3.8) is 0 Å². The van der Waals surface area contributed by atoms with Crippen molar-refractivity contribution < 1.29 is 13.6 Å². The summed E-state index contributed by atoms with van der Waals surface area (Å²) in [4.78, 5) is 18.9. The molecule has 29 heavy (non-hydrogen) atoms. The van der Waals surface area contributed by atoms with E-state index in [9.17, 15) is 9.18 Å². The first-order valence-electron chi connectivity index (χ1n) is 9.89. The predicted molar refractivity (Wildman–Crippen MR) is 109 cm³/mol. The third-order valence-corrected chi connectivity index (χ3v) is 5.05. The van der Waals surface area contributed by atoms with Gasteiger partial charge in [-0.25, -0.2) is 14.2 Å². The largest absolute Gasteiger partial charge is 0.444 e. The van der Waals surface area contributed by atoms with Crippen LogP contribution in [0.4, 0.5) is 9.18 Å². The van der Waals surface area contributed by atoms with Gasteiger partial charge in [0, 0.05) is 30.1 Å². The number of aryl methyl sites for hydroxylation is 1. The van der Waals surface area contributed by atoms with Gasteiger partial charge in [-0.3, -0.25) is 0 Å². The molecule has 0 radical (unpaired) electrons. The number of urea groups is 1. The van der Waals surface area contributed by atoms with E-state index in [0.29, 0.717) is 24.4 Å². The average Bonchev–Trinajstić information content (AvgIpc) is 3.45. The summed E-state index contributed by atoms with van der Waals surface area (Å²) in [6, 6.07) is 14.6. The molecule has 2 amide bonds. The van der Waals surface area contributed by atoms with Crippen molar-refractivity contribution in [2.75, 3.05) is 6.54 Å². The molecule has 1 fully saturated rings. The van der Waals surface area contributed by atoms with E-state index in [1.807, 2.05) is 31.2 Å². The molecular weight excluding hydrogens is 369 g/mol. The van der Waals surface area contributed by atoms with E-state index >= 15 is 0 Å². The third-order valence-electron chi connectivity index (χ3n) is 5.05. The Balaban J connectivity index is 1.32. The first kappa shape index (κ1) is 19.2. The number of benzene rings is 2. The second kappa shape index (κ2) is 8.47. The van der Waals surface area contributed by atoms with E-state index in [-0.39, 0.29) is 24.4 Å². The number of nitrogens with zero attached hydrogens (tertiary/aromatic N) is 2. The summed E-state index contributed by atoms with van der Waals surface area (Å²) >= 11 is 0. The number of aromatic nitrogens is 1. The van der Waals surface area contributed by atoms with Crippen LogP contribution in [-0.4, -0.2) is 28.5 Å². The summed E-state index contributed by atoms with van der Waals surface area (Å²) in [6.45, 7) is 2.76. The third kappa shape index (κ3) is 4.83. The number of halogens is 1. The Kier molecular flexibility index (Phi) is 5.60. The number of amides is 2. The molecule has 3 aromatic rings. The zero-order chi connectivity index (χ0) is 20.2. The van der Waals surface area contributed by atoms with Crippen molar-refractivity contribution >= 4 is 6.03 Å². The molecule has 1 aliphatic carbocycles. The Labute approximate surface area is 169 Å². The molecule has 0 unspecified atom stereocenters. The molecule has 2 aromatic carbocycles. The number of carbonyl (C=O) groups excluding carboxylic acids is 1. The van der Waals surface area contributed by atoms with Crippen molar-refractivity contribution in [1.29, 1.82) is 0 Å². The highest BCUT2D eigenvalue weighted by Gasteiger charge is 2.32. The van der Waals surface area contributed by atoms with Crippen molar-refractivity contribution in [3.8, 4) is 11.5 Å². The summed E-state index contributed by atoms with van der Waals surface area (Å²) in [6.07, 6.45) is 4.12. The average molecular weight is 393 g/mol. The molecule has 4 rings (SSSR count). The predicted octanol–water partition coefficient (Wildman–Crippen LogP) is 4.71. The van der Waals surface area contributed by atoms with Crippen LogP contribution in [0.1, 0.15) is 29.7 Å². The molecule has 1 saturated carbocycles. The van der Waals surface area contributed by atoms with E-state index in [2.05, 4.69) is 10.3 Å². The van der Waals surface area contributed by atoms with E-state index in [1.54, 1.807) is 29.4 Å². The Hall–Kier alpha value is -3.15. The Morgan fingerprint density at radius 1 is 1.21 bits per heavy atom.